The SMILES string of the molecule is O=C1c2ccc(-c3ccccc3)nc2CC2CCCCC12. The summed E-state index contributed by atoms with van der Waals surface area (Å²) in [7, 11) is 0. The van der Waals surface area contributed by atoms with Crippen LogP contribution >= 0.6 is 0 Å². The molecule has 1 aromatic carbocycles. The second kappa shape index (κ2) is 5.10. The molecule has 1 heterocycles. The van der Waals surface area contributed by atoms with Crippen molar-refractivity contribution in [2.45, 2.75) is 32.1 Å². The van der Waals surface area contributed by atoms with E-state index in [9.17, 15) is 4.79 Å². The highest BCUT2D eigenvalue weighted by atomic mass is 16.1. The lowest BCUT2D eigenvalue weighted by atomic mass is 9.69. The maximum atomic E-state index is 12.7. The molecule has 0 saturated heterocycles. The lowest BCUT2D eigenvalue weighted by molar-refractivity contribution is 0.0798. The van der Waals surface area contributed by atoms with Crippen molar-refractivity contribution in [3.8, 4) is 11.3 Å². The van der Waals surface area contributed by atoms with E-state index in [1.54, 1.807) is 0 Å². The number of hydrogen-bond acceptors (Lipinski definition) is 2. The van der Waals surface area contributed by atoms with E-state index in [4.69, 9.17) is 4.98 Å². The Morgan fingerprint density at radius 2 is 1.76 bits per heavy atom. The second-order valence-electron chi connectivity index (χ2n) is 6.28. The first-order chi connectivity index (χ1) is 10.3. The topological polar surface area (TPSA) is 30.0 Å². The van der Waals surface area contributed by atoms with Crippen LogP contribution in [0.25, 0.3) is 11.3 Å². The quantitative estimate of drug-likeness (QED) is 0.778. The molecule has 2 nitrogen and oxygen atoms in total. The van der Waals surface area contributed by atoms with E-state index in [0.717, 1.165) is 35.4 Å². The van der Waals surface area contributed by atoms with Gasteiger partial charge in [-0.3, -0.25) is 9.78 Å². The Labute approximate surface area is 125 Å². The molecule has 0 amide bonds. The number of fused-ring (bicyclic) bond motifs is 2. The zero-order valence-corrected chi connectivity index (χ0v) is 12.1. The molecule has 4 rings (SSSR count). The summed E-state index contributed by atoms with van der Waals surface area (Å²) in [5.74, 6) is 1.13. The lowest BCUT2D eigenvalue weighted by Gasteiger charge is -2.34. The van der Waals surface area contributed by atoms with Gasteiger partial charge in [0.15, 0.2) is 5.78 Å². The minimum atomic E-state index is 0.260. The summed E-state index contributed by atoms with van der Waals surface area (Å²) in [6.07, 6.45) is 5.71. The summed E-state index contributed by atoms with van der Waals surface area (Å²) in [6, 6.07) is 14.2. The molecule has 21 heavy (non-hydrogen) atoms. The Hall–Kier alpha value is -1.96. The first-order valence-corrected chi connectivity index (χ1v) is 7.92. The molecule has 1 aromatic heterocycles. The van der Waals surface area contributed by atoms with E-state index in [0.29, 0.717) is 11.7 Å². The zero-order valence-electron chi connectivity index (χ0n) is 12.1. The smallest absolute Gasteiger partial charge is 0.168 e. The van der Waals surface area contributed by atoms with Crippen molar-refractivity contribution in [3.63, 3.8) is 0 Å². The summed E-state index contributed by atoms with van der Waals surface area (Å²) in [5, 5.41) is 0. The fourth-order valence-corrected chi connectivity index (χ4v) is 3.90. The molecule has 0 radical (unpaired) electrons. The Bertz CT molecular complexity index is 677. The van der Waals surface area contributed by atoms with Gasteiger partial charge < -0.3 is 0 Å². The van der Waals surface area contributed by atoms with Crippen LogP contribution in [0.3, 0.4) is 0 Å². The molecule has 0 aliphatic heterocycles. The molecule has 0 spiro atoms. The van der Waals surface area contributed by atoms with E-state index in [1.165, 1.54) is 19.3 Å². The van der Waals surface area contributed by atoms with E-state index >= 15 is 0 Å². The number of rotatable bonds is 1. The molecule has 0 bridgehead atoms. The second-order valence-corrected chi connectivity index (χ2v) is 6.28. The van der Waals surface area contributed by atoms with Gasteiger partial charge in [-0.2, -0.15) is 0 Å². The summed E-state index contributed by atoms with van der Waals surface area (Å²) < 4.78 is 0. The Morgan fingerprint density at radius 3 is 2.62 bits per heavy atom. The number of benzene rings is 1. The van der Waals surface area contributed by atoms with E-state index in [-0.39, 0.29) is 5.92 Å². The third kappa shape index (κ3) is 2.19. The number of nitrogens with zero attached hydrogens (tertiary/aromatic N) is 1. The number of carbonyl (C=O) groups excluding carboxylic acids is 1. The van der Waals surface area contributed by atoms with Crippen molar-refractivity contribution in [2.75, 3.05) is 0 Å². The predicted molar refractivity (Wildman–Crippen MR) is 83.2 cm³/mol. The average molecular weight is 277 g/mol. The molecule has 2 aromatic rings. The van der Waals surface area contributed by atoms with Gasteiger partial charge in [-0.15, -0.1) is 0 Å². The van der Waals surface area contributed by atoms with Crippen molar-refractivity contribution in [1.82, 2.24) is 4.98 Å². The molecule has 1 saturated carbocycles. The van der Waals surface area contributed by atoms with Crippen LogP contribution in [0.5, 0.6) is 0 Å². The molecule has 0 N–H and O–H groups in total. The van der Waals surface area contributed by atoms with Crippen molar-refractivity contribution >= 4 is 5.78 Å². The van der Waals surface area contributed by atoms with Gasteiger partial charge in [0, 0.05) is 17.0 Å². The van der Waals surface area contributed by atoms with Gasteiger partial charge in [-0.1, -0.05) is 43.2 Å². The van der Waals surface area contributed by atoms with Crippen LogP contribution in [0.1, 0.15) is 41.7 Å². The van der Waals surface area contributed by atoms with Crippen LogP contribution in [0.4, 0.5) is 0 Å². The van der Waals surface area contributed by atoms with Crippen LogP contribution < -0.4 is 0 Å². The maximum Gasteiger partial charge on any atom is 0.168 e. The van der Waals surface area contributed by atoms with Gasteiger partial charge in [0.05, 0.1) is 11.4 Å². The fourth-order valence-electron chi connectivity index (χ4n) is 3.90. The molecule has 106 valence electrons. The van der Waals surface area contributed by atoms with Crippen LogP contribution in [0.15, 0.2) is 42.5 Å². The molecular formula is C19H19NO. The van der Waals surface area contributed by atoms with Gasteiger partial charge in [0.1, 0.15) is 0 Å². The molecule has 2 aliphatic rings. The van der Waals surface area contributed by atoms with Crippen LogP contribution in [0.2, 0.25) is 0 Å². The maximum absolute atomic E-state index is 12.7. The number of Topliss-reactive ketones (excluding diaryl/α,β-unsaturated/α-hetero) is 1. The first kappa shape index (κ1) is 12.8. The Kier molecular flexibility index (Phi) is 3.10. The van der Waals surface area contributed by atoms with Crippen molar-refractivity contribution in [2.24, 2.45) is 11.8 Å². The number of ketones is 1. The fraction of sp³-hybridized carbons (Fsp3) is 0.368. The van der Waals surface area contributed by atoms with Crippen molar-refractivity contribution in [3.05, 3.63) is 53.7 Å². The minimum Gasteiger partial charge on any atom is -0.294 e. The lowest BCUT2D eigenvalue weighted by Crippen LogP contribution is -2.34. The van der Waals surface area contributed by atoms with E-state index < -0.39 is 0 Å². The Balaban J connectivity index is 1.74. The number of carbonyl (C=O) groups is 1. The van der Waals surface area contributed by atoms with Gasteiger partial charge >= 0.3 is 0 Å². The summed E-state index contributed by atoms with van der Waals surface area (Å²) in [5.41, 5.74) is 4.00. The van der Waals surface area contributed by atoms with Gasteiger partial charge in [-0.05, 0) is 37.3 Å². The number of pyridine rings is 1. The number of aromatic nitrogens is 1. The van der Waals surface area contributed by atoms with Gasteiger partial charge in [-0.25, -0.2) is 0 Å². The molecule has 2 atom stereocenters. The zero-order chi connectivity index (χ0) is 14.2. The van der Waals surface area contributed by atoms with E-state index in [1.807, 2.05) is 30.3 Å². The molecule has 1 fully saturated rings. The molecule has 2 unspecified atom stereocenters. The van der Waals surface area contributed by atoms with Crippen molar-refractivity contribution in [1.29, 1.82) is 0 Å². The molecule has 2 aliphatic carbocycles. The summed E-state index contributed by atoms with van der Waals surface area (Å²) in [6.45, 7) is 0. The minimum absolute atomic E-state index is 0.260. The third-order valence-corrected chi connectivity index (χ3v) is 5.01. The Morgan fingerprint density at radius 1 is 0.952 bits per heavy atom. The highest BCUT2D eigenvalue weighted by Crippen LogP contribution is 2.39. The standard InChI is InChI=1S/C19H19NO/c21-19-15-9-5-4-8-14(15)12-18-16(19)10-11-17(20-18)13-6-2-1-3-7-13/h1-3,6-7,10-11,14-15H,4-5,8-9,12H2. The third-order valence-electron chi connectivity index (χ3n) is 5.01. The highest BCUT2D eigenvalue weighted by Gasteiger charge is 2.37. The van der Waals surface area contributed by atoms with Crippen LogP contribution in [-0.2, 0) is 6.42 Å². The van der Waals surface area contributed by atoms with Gasteiger partial charge in [0.25, 0.3) is 0 Å². The number of hydrogen-bond donors (Lipinski definition) is 0. The summed E-state index contributed by atoms with van der Waals surface area (Å²) >= 11 is 0. The summed E-state index contributed by atoms with van der Waals surface area (Å²) in [4.78, 5) is 17.5. The monoisotopic (exact) mass is 277 g/mol. The predicted octanol–water partition coefficient (Wildman–Crippen LogP) is 4.29. The molecule has 2 heteroatoms. The van der Waals surface area contributed by atoms with E-state index in [2.05, 4.69) is 12.1 Å². The van der Waals surface area contributed by atoms with Crippen LogP contribution in [0, 0.1) is 11.8 Å². The molecular weight excluding hydrogens is 258 g/mol. The van der Waals surface area contributed by atoms with Crippen molar-refractivity contribution < 1.29 is 4.79 Å². The largest absolute Gasteiger partial charge is 0.294 e. The first-order valence-electron chi connectivity index (χ1n) is 7.92. The highest BCUT2D eigenvalue weighted by molar-refractivity contribution is 6.00. The van der Waals surface area contributed by atoms with Crippen LogP contribution in [-0.4, -0.2) is 10.8 Å². The van der Waals surface area contributed by atoms with Gasteiger partial charge in [0.2, 0.25) is 0 Å². The normalized spacial score (nSPS) is 24.3. The average Bonchev–Trinajstić information content (AvgIpc) is 2.55.